The second-order valence-electron chi connectivity index (χ2n) is 3.16. The molecule has 0 aromatic heterocycles. The first-order valence-electron chi connectivity index (χ1n) is 4.84. The molecule has 2 atom stereocenters. The third-order valence-electron chi connectivity index (χ3n) is 2.06. The van der Waals surface area contributed by atoms with Crippen LogP contribution in [-0.4, -0.2) is 11.2 Å². The average Bonchev–Trinajstić information content (AvgIpc) is 2.13. The number of aliphatic hydroxyl groups is 1. The molecule has 0 rings (SSSR count). The van der Waals surface area contributed by atoms with Crippen LogP contribution in [0.1, 0.15) is 26.2 Å². The van der Waals surface area contributed by atoms with Crippen molar-refractivity contribution in [2.45, 2.75) is 32.3 Å². The van der Waals surface area contributed by atoms with Gasteiger partial charge >= 0.3 is 0 Å². The summed E-state index contributed by atoms with van der Waals surface area (Å²) in [6.07, 6.45) is 9.93. The van der Waals surface area contributed by atoms with E-state index in [9.17, 15) is 5.11 Å². The molecule has 13 heavy (non-hydrogen) atoms. The van der Waals surface area contributed by atoms with Crippen LogP contribution < -0.4 is 0 Å². The average molecular weight is 180 g/mol. The van der Waals surface area contributed by atoms with Crippen molar-refractivity contribution in [1.82, 2.24) is 0 Å². The molecular formula is C12H20O. The number of hydrogen-bond acceptors (Lipinski definition) is 1. The van der Waals surface area contributed by atoms with Crippen LogP contribution in [0.25, 0.3) is 0 Å². The minimum absolute atomic E-state index is 0.177. The van der Waals surface area contributed by atoms with Crippen LogP contribution in [0.15, 0.2) is 37.5 Å². The van der Waals surface area contributed by atoms with E-state index in [0.717, 1.165) is 19.3 Å². The van der Waals surface area contributed by atoms with Gasteiger partial charge in [0.15, 0.2) is 0 Å². The Morgan fingerprint density at radius 2 is 2.08 bits per heavy atom. The Morgan fingerprint density at radius 3 is 2.54 bits per heavy atom. The highest BCUT2D eigenvalue weighted by Crippen LogP contribution is 2.15. The lowest BCUT2D eigenvalue weighted by atomic mass is 9.95. The topological polar surface area (TPSA) is 20.2 Å². The van der Waals surface area contributed by atoms with Crippen LogP contribution in [0.5, 0.6) is 0 Å². The van der Waals surface area contributed by atoms with Gasteiger partial charge in [0.25, 0.3) is 0 Å². The van der Waals surface area contributed by atoms with E-state index >= 15 is 0 Å². The summed E-state index contributed by atoms with van der Waals surface area (Å²) >= 11 is 0. The van der Waals surface area contributed by atoms with Gasteiger partial charge in [-0.2, -0.15) is 0 Å². The molecule has 1 nitrogen and oxygen atoms in total. The van der Waals surface area contributed by atoms with Gasteiger partial charge in [-0.3, -0.25) is 0 Å². The summed E-state index contributed by atoms with van der Waals surface area (Å²) in [5.41, 5.74) is 0. The lowest BCUT2D eigenvalue weighted by molar-refractivity contribution is 0.121. The van der Waals surface area contributed by atoms with Gasteiger partial charge in [0.1, 0.15) is 0 Å². The molecule has 0 fully saturated rings. The Bertz CT molecular complexity index is 170. The summed E-state index contributed by atoms with van der Waals surface area (Å²) < 4.78 is 0. The third kappa shape index (κ3) is 5.42. The highest BCUT2D eigenvalue weighted by atomic mass is 16.3. The van der Waals surface area contributed by atoms with Gasteiger partial charge in [0.05, 0.1) is 6.10 Å². The molecule has 0 heterocycles. The lowest BCUT2D eigenvalue weighted by Crippen LogP contribution is -2.17. The van der Waals surface area contributed by atoms with E-state index in [-0.39, 0.29) is 12.0 Å². The minimum Gasteiger partial charge on any atom is -0.393 e. The van der Waals surface area contributed by atoms with Crippen LogP contribution in [0, 0.1) is 5.92 Å². The summed E-state index contributed by atoms with van der Waals surface area (Å²) in [5, 5.41) is 9.68. The molecule has 2 unspecified atom stereocenters. The quantitative estimate of drug-likeness (QED) is 0.471. The SMILES string of the molecule is C=CC=CCC(C=C)C(O)CCC. The van der Waals surface area contributed by atoms with Gasteiger partial charge in [-0.1, -0.05) is 44.2 Å². The summed E-state index contributed by atoms with van der Waals surface area (Å²) in [5.74, 6) is 0.177. The largest absolute Gasteiger partial charge is 0.393 e. The molecule has 0 aliphatic carbocycles. The molecule has 0 aliphatic rings. The van der Waals surface area contributed by atoms with Crippen molar-refractivity contribution in [3.63, 3.8) is 0 Å². The maximum atomic E-state index is 9.68. The minimum atomic E-state index is -0.253. The van der Waals surface area contributed by atoms with E-state index in [2.05, 4.69) is 20.1 Å². The van der Waals surface area contributed by atoms with Crippen molar-refractivity contribution in [2.24, 2.45) is 5.92 Å². The van der Waals surface area contributed by atoms with Crippen molar-refractivity contribution in [1.29, 1.82) is 0 Å². The van der Waals surface area contributed by atoms with Crippen LogP contribution in [-0.2, 0) is 0 Å². The monoisotopic (exact) mass is 180 g/mol. The Hall–Kier alpha value is -0.820. The number of allylic oxidation sites excluding steroid dienone is 3. The van der Waals surface area contributed by atoms with Crippen molar-refractivity contribution in [3.8, 4) is 0 Å². The molecule has 0 bridgehead atoms. The normalized spacial score (nSPS) is 15.5. The fourth-order valence-electron chi connectivity index (χ4n) is 1.25. The summed E-state index contributed by atoms with van der Waals surface area (Å²) in [4.78, 5) is 0. The standard InChI is InChI=1S/C12H20O/c1-4-7-8-10-11(6-3)12(13)9-5-2/h4,6-8,11-13H,1,3,5,9-10H2,2H3. The number of aliphatic hydroxyl groups excluding tert-OH is 1. The van der Waals surface area contributed by atoms with Gasteiger partial charge < -0.3 is 5.11 Å². The molecule has 1 heteroatoms. The number of rotatable bonds is 7. The molecule has 0 aromatic carbocycles. The van der Waals surface area contributed by atoms with Crippen molar-refractivity contribution in [2.75, 3.05) is 0 Å². The molecule has 0 aliphatic heterocycles. The smallest absolute Gasteiger partial charge is 0.0605 e. The fourth-order valence-corrected chi connectivity index (χ4v) is 1.25. The Balaban J connectivity index is 3.93. The molecule has 0 amide bonds. The molecule has 0 saturated heterocycles. The predicted octanol–water partition coefficient (Wildman–Crippen LogP) is 3.08. The highest BCUT2D eigenvalue weighted by Gasteiger charge is 2.12. The zero-order valence-electron chi connectivity index (χ0n) is 8.45. The first-order valence-corrected chi connectivity index (χ1v) is 4.84. The first kappa shape index (κ1) is 12.2. The van der Waals surface area contributed by atoms with Crippen molar-refractivity contribution >= 4 is 0 Å². The van der Waals surface area contributed by atoms with Gasteiger partial charge in [0, 0.05) is 5.92 Å². The van der Waals surface area contributed by atoms with Crippen molar-refractivity contribution < 1.29 is 5.11 Å². The van der Waals surface area contributed by atoms with E-state index in [1.807, 2.05) is 18.2 Å². The highest BCUT2D eigenvalue weighted by molar-refractivity contribution is 5.00. The van der Waals surface area contributed by atoms with E-state index in [1.165, 1.54) is 0 Å². The van der Waals surface area contributed by atoms with E-state index in [1.54, 1.807) is 6.08 Å². The second kappa shape index (κ2) is 7.81. The first-order chi connectivity index (χ1) is 6.26. The van der Waals surface area contributed by atoms with Crippen LogP contribution >= 0.6 is 0 Å². The number of hydrogen-bond donors (Lipinski definition) is 1. The molecule has 0 radical (unpaired) electrons. The summed E-state index contributed by atoms with van der Waals surface area (Å²) in [7, 11) is 0. The summed E-state index contributed by atoms with van der Waals surface area (Å²) in [6, 6.07) is 0. The predicted molar refractivity (Wildman–Crippen MR) is 58.6 cm³/mol. The van der Waals surface area contributed by atoms with Crippen molar-refractivity contribution in [3.05, 3.63) is 37.5 Å². The van der Waals surface area contributed by atoms with E-state index in [0.29, 0.717) is 0 Å². The van der Waals surface area contributed by atoms with E-state index < -0.39 is 0 Å². The zero-order chi connectivity index (χ0) is 10.1. The molecule has 74 valence electrons. The third-order valence-corrected chi connectivity index (χ3v) is 2.06. The molecule has 0 aromatic rings. The second-order valence-corrected chi connectivity index (χ2v) is 3.16. The van der Waals surface area contributed by atoms with Crippen LogP contribution in [0.4, 0.5) is 0 Å². The summed E-state index contributed by atoms with van der Waals surface area (Å²) in [6.45, 7) is 9.39. The van der Waals surface area contributed by atoms with Gasteiger partial charge in [-0.05, 0) is 12.8 Å². The molecule has 0 saturated carbocycles. The molecule has 0 spiro atoms. The maximum Gasteiger partial charge on any atom is 0.0605 e. The fraction of sp³-hybridized carbons (Fsp3) is 0.500. The Labute approximate surface area is 81.5 Å². The molecular weight excluding hydrogens is 160 g/mol. The van der Waals surface area contributed by atoms with Gasteiger partial charge in [0.2, 0.25) is 0 Å². The van der Waals surface area contributed by atoms with Gasteiger partial charge in [-0.15, -0.1) is 6.58 Å². The maximum absolute atomic E-state index is 9.68. The van der Waals surface area contributed by atoms with E-state index in [4.69, 9.17) is 0 Å². The zero-order valence-corrected chi connectivity index (χ0v) is 8.45. The molecule has 1 N–H and O–H groups in total. The van der Waals surface area contributed by atoms with Gasteiger partial charge in [-0.25, -0.2) is 0 Å². The Kier molecular flexibility index (Phi) is 7.32. The van der Waals surface area contributed by atoms with Crippen LogP contribution in [0.2, 0.25) is 0 Å². The van der Waals surface area contributed by atoms with Crippen LogP contribution in [0.3, 0.4) is 0 Å². The lowest BCUT2D eigenvalue weighted by Gasteiger charge is -2.16. The Morgan fingerprint density at radius 1 is 1.38 bits per heavy atom.